The number of aryl methyl sites for hydroxylation is 1. The van der Waals surface area contributed by atoms with Crippen molar-refractivity contribution < 1.29 is 9.53 Å². The number of nitrogens with one attached hydrogen (secondary N) is 1. The summed E-state index contributed by atoms with van der Waals surface area (Å²) in [6.45, 7) is 4.06. The molecule has 1 heterocycles. The van der Waals surface area contributed by atoms with Gasteiger partial charge in [-0.2, -0.15) is 5.26 Å². The summed E-state index contributed by atoms with van der Waals surface area (Å²) in [6, 6.07) is 9.79. The largest absolute Gasteiger partial charge is 0.484 e. The van der Waals surface area contributed by atoms with Gasteiger partial charge in [0.25, 0.3) is 5.91 Å². The van der Waals surface area contributed by atoms with Crippen molar-refractivity contribution >= 4 is 34.5 Å². The molecule has 1 aliphatic carbocycles. The lowest BCUT2D eigenvalue weighted by atomic mass is 9.85. The van der Waals surface area contributed by atoms with Crippen LogP contribution in [-0.4, -0.2) is 12.5 Å². The molecule has 134 valence electrons. The minimum absolute atomic E-state index is 0.109. The molecule has 0 bridgehead atoms. The normalized spacial score (nSPS) is 15.7. The molecule has 1 aromatic carbocycles. The van der Waals surface area contributed by atoms with Crippen molar-refractivity contribution in [2.75, 3.05) is 11.9 Å². The molecule has 6 heteroatoms. The molecular formula is C20H20N2O2S2. The number of fused-ring (bicyclic) bond motifs is 1. The van der Waals surface area contributed by atoms with E-state index in [2.05, 4.69) is 18.3 Å². The molecule has 2 aromatic rings. The molecule has 0 radical (unpaired) electrons. The van der Waals surface area contributed by atoms with E-state index in [9.17, 15) is 10.1 Å². The van der Waals surface area contributed by atoms with Crippen LogP contribution in [0.3, 0.4) is 0 Å². The Balaban J connectivity index is 1.77. The Morgan fingerprint density at radius 3 is 3.00 bits per heavy atom. The number of anilines is 1. The van der Waals surface area contributed by atoms with E-state index in [0.717, 1.165) is 39.8 Å². The minimum atomic E-state index is -0.294. The molecule has 0 aliphatic heterocycles. The molecule has 0 spiro atoms. The lowest BCUT2D eigenvalue weighted by Gasteiger charge is -2.23. The summed E-state index contributed by atoms with van der Waals surface area (Å²) >= 11 is 6.82. The van der Waals surface area contributed by atoms with Crippen LogP contribution in [0.25, 0.3) is 0 Å². The minimum Gasteiger partial charge on any atom is -0.484 e. The number of hydrogen-bond acceptors (Lipinski definition) is 5. The van der Waals surface area contributed by atoms with E-state index in [1.54, 1.807) is 0 Å². The monoisotopic (exact) mass is 384 g/mol. The number of amides is 1. The van der Waals surface area contributed by atoms with Gasteiger partial charge in [0.2, 0.25) is 0 Å². The second-order valence-electron chi connectivity index (χ2n) is 6.66. The molecule has 1 atom stereocenters. The number of benzene rings is 1. The predicted octanol–water partition coefficient (Wildman–Crippen LogP) is 4.80. The first-order valence-electron chi connectivity index (χ1n) is 8.56. The number of nitrogens with zero attached hydrogens (tertiary/aromatic N) is 1. The smallest absolute Gasteiger partial charge is 0.262 e. The second kappa shape index (κ2) is 7.98. The highest BCUT2D eigenvalue weighted by Gasteiger charge is 2.23. The fourth-order valence-corrected chi connectivity index (χ4v) is 4.57. The molecule has 4 nitrogen and oxygen atoms in total. The average Bonchev–Trinajstić information content (AvgIpc) is 2.61. The van der Waals surface area contributed by atoms with Crippen molar-refractivity contribution in [1.82, 2.24) is 0 Å². The van der Waals surface area contributed by atoms with Gasteiger partial charge in [0, 0.05) is 0 Å². The molecule has 1 amide bonds. The number of ether oxygens (including phenoxy) is 1. The van der Waals surface area contributed by atoms with Crippen LogP contribution in [0.15, 0.2) is 24.3 Å². The molecule has 26 heavy (non-hydrogen) atoms. The highest BCUT2D eigenvalue weighted by molar-refractivity contribution is 7.73. The highest BCUT2D eigenvalue weighted by atomic mass is 32.1. The SMILES string of the molecule is Cc1cccc(OCC(=O)Nc2sc(=S)c3c(c2C#N)CCC(C)C3)c1. The molecular weight excluding hydrogens is 364 g/mol. The maximum Gasteiger partial charge on any atom is 0.262 e. The van der Waals surface area contributed by atoms with E-state index in [1.807, 2.05) is 31.2 Å². The van der Waals surface area contributed by atoms with Gasteiger partial charge >= 0.3 is 0 Å². The first-order chi connectivity index (χ1) is 12.5. The van der Waals surface area contributed by atoms with Crippen molar-refractivity contribution in [2.45, 2.75) is 33.1 Å². The van der Waals surface area contributed by atoms with E-state index in [-0.39, 0.29) is 12.5 Å². The Hall–Kier alpha value is -2.23. The van der Waals surface area contributed by atoms with Crippen LogP contribution in [0.2, 0.25) is 0 Å². The van der Waals surface area contributed by atoms with Crippen molar-refractivity contribution in [3.8, 4) is 11.8 Å². The second-order valence-corrected chi connectivity index (χ2v) is 8.35. The third kappa shape index (κ3) is 4.12. The fraction of sp³-hybridized carbons (Fsp3) is 0.350. The van der Waals surface area contributed by atoms with E-state index < -0.39 is 0 Å². The Morgan fingerprint density at radius 2 is 2.27 bits per heavy atom. The lowest BCUT2D eigenvalue weighted by Crippen LogP contribution is -2.21. The highest BCUT2D eigenvalue weighted by Crippen LogP contribution is 2.35. The van der Waals surface area contributed by atoms with Gasteiger partial charge in [-0.15, -0.1) is 11.3 Å². The molecule has 0 saturated heterocycles. The van der Waals surface area contributed by atoms with Gasteiger partial charge in [0.05, 0.1) is 9.39 Å². The van der Waals surface area contributed by atoms with Gasteiger partial charge < -0.3 is 10.1 Å². The molecule has 1 N–H and O–H groups in total. The summed E-state index contributed by atoms with van der Waals surface area (Å²) < 4.78 is 6.30. The van der Waals surface area contributed by atoms with Crippen molar-refractivity contribution in [3.05, 3.63) is 50.3 Å². The van der Waals surface area contributed by atoms with Crippen LogP contribution < -0.4 is 10.1 Å². The van der Waals surface area contributed by atoms with E-state index in [1.165, 1.54) is 11.3 Å². The Morgan fingerprint density at radius 1 is 1.46 bits per heavy atom. The number of carbonyl (C=O) groups is 1. The van der Waals surface area contributed by atoms with E-state index >= 15 is 0 Å². The summed E-state index contributed by atoms with van der Waals surface area (Å²) in [7, 11) is 0. The van der Waals surface area contributed by atoms with Crippen LogP contribution in [0, 0.1) is 28.0 Å². The first kappa shape index (κ1) is 18.6. The quantitative estimate of drug-likeness (QED) is 0.769. The molecule has 1 aromatic heterocycles. The summed E-state index contributed by atoms with van der Waals surface area (Å²) in [5.74, 6) is 0.927. The van der Waals surface area contributed by atoms with Gasteiger partial charge in [-0.1, -0.05) is 31.3 Å². The van der Waals surface area contributed by atoms with Crippen molar-refractivity contribution in [3.63, 3.8) is 0 Å². The summed E-state index contributed by atoms with van der Waals surface area (Å²) in [5, 5.41) is 13.0. The van der Waals surface area contributed by atoms with Crippen LogP contribution in [0.4, 0.5) is 5.00 Å². The first-order valence-corrected chi connectivity index (χ1v) is 9.78. The van der Waals surface area contributed by atoms with E-state index in [0.29, 0.717) is 22.2 Å². The average molecular weight is 385 g/mol. The molecule has 3 rings (SSSR count). The zero-order valence-electron chi connectivity index (χ0n) is 14.8. The Labute approximate surface area is 162 Å². The maximum absolute atomic E-state index is 12.3. The summed E-state index contributed by atoms with van der Waals surface area (Å²) in [4.78, 5) is 12.3. The van der Waals surface area contributed by atoms with Crippen molar-refractivity contribution in [1.29, 1.82) is 5.26 Å². The number of rotatable bonds is 4. The fourth-order valence-electron chi connectivity index (χ4n) is 3.16. The molecule has 0 fully saturated rings. The molecule has 0 saturated carbocycles. The third-order valence-electron chi connectivity index (χ3n) is 4.50. The lowest BCUT2D eigenvalue weighted by molar-refractivity contribution is -0.118. The topological polar surface area (TPSA) is 62.1 Å². The zero-order valence-corrected chi connectivity index (χ0v) is 16.4. The number of hydrogen-bond donors (Lipinski definition) is 1. The zero-order chi connectivity index (χ0) is 18.7. The molecule has 1 aliphatic rings. The number of nitriles is 1. The van der Waals surface area contributed by atoms with Crippen LogP contribution in [0.5, 0.6) is 5.75 Å². The van der Waals surface area contributed by atoms with Crippen LogP contribution in [-0.2, 0) is 17.6 Å². The molecule has 1 unspecified atom stereocenters. The summed E-state index contributed by atoms with van der Waals surface area (Å²) in [5.41, 5.74) is 3.73. The van der Waals surface area contributed by atoms with E-state index in [4.69, 9.17) is 17.0 Å². The Kier molecular flexibility index (Phi) is 5.70. The van der Waals surface area contributed by atoms with Gasteiger partial charge in [0.1, 0.15) is 16.8 Å². The standard InChI is InChI=1S/C20H20N2O2S2/c1-12-4-3-5-14(8-12)24-11-18(23)22-19-17(10-21)15-7-6-13(2)9-16(15)20(25)26-19/h3-5,8,13H,6-7,9,11H2,1-2H3,(H,22,23). The maximum atomic E-state index is 12.3. The predicted molar refractivity (Wildman–Crippen MR) is 106 cm³/mol. The Bertz CT molecular complexity index is 944. The van der Waals surface area contributed by atoms with Crippen molar-refractivity contribution in [2.24, 2.45) is 5.92 Å². The van der Waals surface area contributed by atoms with Gasteiger partial charge in [-0.25, -0.2) is 0 Å². The number of carbonyl (C=O) groups excluding carboxylic acids is 1. The third-order valence-corrected chi connectivity index (χ3v) is 5.94. The van der Waals surface area contributed by atoms with Crippen LogP contribution in [0.1, 0.15) is 35.6 Å². The van der Waals surface area contributed by atoms with Gasteiger partial charge in [-0.05, 0) is 60.9 Å². The van der Waals surface area contributed by atoms with Gasteiger partial charge in [0.15, 0.2) is 6.61 Å². The summed E-state index contributed by atoms with van der Waals surface area (Å²) in [6.07, 6.45) is 2.78. The van der Waals surface area contributed by atoms with Gasteiger partial charge in [-0.3, -0.25) is 4.79 Å². The van der Waals surface area contributed by atoms with Crippen LogP contribution >= 0.6 is 23.6 Å².